The largest absolute Gasteiger partial charge is 0.455 e. The minimum atomic E-state index is -0.221. The maximum atomic E-state index is 12.8. The van der Waals surface area contributed by atoms with Gasteiger partial charge in [-0.2, -0.15) is 0 Å². The average Bonchev–Trinajstić information content (AvgIpc) is 2.70. The van der Waals surface area contributed by atoms with E-state index in [1.807, 2.05) is 66.7 Å². The Morgan fingerprint density at radius 2 is 1.52 bits per heavy atom. The van der Waals surface area contributed by atoms with Crippen LogP contribution in [0.1, 0.15) is 10.4 Å². The van der Waals surface area contributed by atoms with Crippen molar-refractivity contribution in [3.05, 3.63) is 102 Å². The third kappa shape index (κ3) is 3.94. The van der Waals surface area contributed by atoms with Crippen LogP contribution in [0, 0.1) is 0 Å². The number of halogens is 1. The van der Waals surface area contributed by atoms with E-state index in [-0.39, 0.29) is 5.91 Å². The van der Waals surface area contributed by atoms with Gasteiger partial charge in [-0.3, -0.25) is 4.79 Å². The van der Waals surface area contributed by atoms with E-state index in [2.05, 4.69) is 5.32 Å². The fourth-order valence-electron chi connectivity index (χ4n) is 2.83. The van der Waals surface area contributed by atoms with Crippen LogP contribution < -0.4 is 10.1 Å². The van der Waals surface area contributed by atoms with Crippen molar-refractivity contribution in [1.82, 2.24) is 0 Å². The number of hydrogen-bond acceptors (Lipinski definition) is 2. The highest BCUT2D eigenvalue weighted by Crippen LogP contribution is 2.32. The van der Waals surface area contributed by atoms with E-state index in [0.717, 1.165) is 10.8 Å². The molecule has 1 amide bonds. The monoisotopic (exact) mass is 373 g/mol. The van der Waals surface area contributed by atoms with Gasteiger partial charge in [0.1, 0.15) is 5.75 Å². The predicted octanol–water partition coefficient (Wildman–Crippen LogP) is 6.54. The van der Waals surface area contributed by atoms with Gasteiger partial charge in [0.15, 0.2) is 5.75 Å². The lowest BCUT2D eigenvalue weighted by Gasteiger charge is -2.13. The molecule has 132 valence electrons. The molecule has 4 heteroatoms. The molecule has 0 unspecified atom stereocenters. The number of nitrogens with one attached hydrogen (secondary N) is 1. The second-order valence-corrected chi connectivity index (χ2v) is 6.51. The molecule has 4 aromatic rings. The average molecular weight is 374 g/mol. The number of anilines is 1. The summed E-state index contributed by atoms with van der Waals surface area (Å²) < 4.78 is 5.90. The van der Waals surface area contributed by atoms with Crippen molar-refractivity contribution in [2.24, 2.45) is 0 Å². The minimum Gasteiger partial charge on any atom is -0.455 e. The molecule has 0 aliphatic heterocycles. The Bertz CT molecular complexity index is 1110. The summed E-state index contributed by atoms with van der Waals surface area (Å²) in [5, 5.41) is 5.52. The van der Waals surface area contributed by atoms with Crippen LogP contribution in [0.2, 0.25) is 5.02 Å². The number of ether oxygens (including phenoxy) is 1. The second-order valence-electron chi connectivity index (χ2n) is 6.07. The van der Waals surface area contributed by atoms with Crippen molar-refractivity contribution < 1.29 is 9.53 Å². The highest BCUT2D eigenvalue weighted by atomic mass is 35.5. The van der Waals surface area contributed by atoms with E-state index >= 15 is 0 Å². The lowest BCUT2D eigenvalue weighted by Crippen LogP contribution is -2.12. The lowest BCUT2D eigenvalue weighted by molar-refractivity contribution is 0.102. The van der Waals surface area contributed by atoms with Gasteiger partial charge in [-0.15, -0.1) is 0 Å². The number of rotatable bonds is 4. The number of carbonyl (C=O) groups excluding carboxylic acids is 1. The summed E-state index contributed by atoms with van der Waals surface area (Å²) in [6.45, 7) is 0. The second kappa shape index (κ2) is 7.52. The van der Waals surface area contributed by atoms with Crippen LogP contribution in [0.3, 0.4) is 0 Å². The number of carbonyl (C=O) groups is 1. The zero-order valence-electron chi connectivity index (χ0n) is 14.4. The van der Waals surface area contributed by atoms with Gasteiger partial charge in [-0.1, -0.05) is 60.1 Å². The maximum absolute atomic E-state index is 12.8. The molecule has 1 N–H and O–H groups in total. The standard InChI is InChI=1S/C23H16ClNO2/c24-19-12-13-22(27-20-8-2-1-3-9-20)21(15-19)25-23(26)18-11-10-16-6-4-5-7-17(16)14-18/h1-15H,(H,25,26). The van der Waals surface area contributed by atoms with Crippen molar-refractivity contribution in [3.8, 4) is 11.5 Å². The highest BCUT2D eigenvalue weighted by Gasteiger charge is 2.12. The van der Waals surface area contributed by atoms with Crippen LogP contribution in [0.4, 0.5) is 5.69 Å². The van der Waals surface area contributed by atoms with Crippen molar-refractivity contribution in [2.75, 3.05) is 5.32 Å². The van der Waals surface area contributed by atoms with Gasteiger partial charge < -0.3 is 10.1 Å². The van der Waals surface area contributed by atoms with Crippen LogP contribution in [0.25, 0.3) is 10.8 Å². The molecule has 0 aliphatic rings. The Hall–Kier alpha value is -3.30. The molecule has 0 fully saturated rings. The SMILES string of the molecule is O=C(Nc1cc(Cl)ccc1Oc1ccccc1)c1ccc2ccccc2c1. The molecule has 3 nitrogen and oxygen atoms in total. The summed E-state index contributed by atoms with van der Waals surface area (Å²) in [6, 6.07) is 28.1. The summed E-state index contributed by atoms with van der Waals surface area (Å²) in [5.41, 5.74) is 1.09. The lowest BCUT2D eigenvalue weighted by atomic mass is 10.1. The van der Waals surface area contributed by atoms with Crippen molar-refractivity contribution in [1.29, 1.82) is 0 Å². The third-order valence-corrected chi connectivity index (χ3v) is 4.41. The van der Waals surface area contributed by atoms with Crippen molar-refractivity contribution in [2.45, 2.75) is 0 Å². The van der Waals surface area contributed by atoms with Gasteiger partial charge in [-0.05, 0) is 53.2 Å². The summed E-state index contributed by atoms with van der Waals surface area (Å²) in [5.74, 6) is 0.988. The van der Waals surface area contributed by atoms with Gasteiger partial charge in [0, 0.05) is 10.6 Å². The molecule has 4 rings (SSSR count). The molecule has 0 radical (unpaired) electrons. The first kappa shape index (κ1) is 17.1. The highest BCUT2D eigenvalue weighted by molar-refractivity contribution is 6.31. The van der Waals surface area contributed by atoms with Gasteiger partial charge >= 0.3 is 0 Å². The van der Waals surface area contributed by atoms with E-state index in [4.69, 9.17) is 16.3 Å². The van der Waals surface area contributed by atoms with Crippen LogP contribution in [0.5, 0.6) is 11.5 Å². The van der Waals surface area contributed by atoms with E-state index in [0.29, 0.717) is 27.8 Å². The molecular formula is C23H16ClNO2. The molecule has 27 heavy (non-hydrogen) atoms. The molecular weight excluding hydrogens is 358 g/mol. The van der Waals surface area contributed by atoms with E-state index < -0.39 is 0 Å². The van der Waals surface area contributed by atoms with Crippen LogP contribution in [0.15, 0.2) is 91.0 Å². The normalized spacial score (nSPS) is 10.6. The molecule has 0 saturated carbocycles. The summed E-state index contributed by atoms with van der Waals surface area (Å²) >= 11 is 6.12. The van der Waals surface area contributed by atoms with Crippen LogP contribution in [-0.2, 0) is 0 Å². The zero-order chi connectivity index (χ0) is 18.6. The first-order valence-electron chi connectivity index (χ1n) is 8.52. The number of amides is 1. The molecule has 0 aliphatic carbocycles. The van der Waals surface area contributed by atoms with E-state index in [1.54, 1.807) is 24.3 Å². The fourth-order valence-corrected chi connectivity index (χ4v) is 3.00. The Kier molecular flexibility index (Phi) is 4.77. The van der Waals surface area contributed by atoms with Crippen LogP contribution in [-0.4, -0.2) is 5.91 Å². The first-order valence-corrected chi connectivity index (χ1v) is 8.89. The molecule has 0 atom stereocenters. The van der Waals surface area contributed by atoms with Crippen molar-refractivity contribution in [3.63, 3.8) is 0 Å². The Labute approximate surface area is 162 Å². The number of fused-ring (bicyclic) bond motifs is 1. The Morgan fingerprint density at radius 1 is 0.778 bits per heavy atom. The topological polar surface area (TPSA) is 38.3 Å². The zero-order valence-corrected chi connectivity index (χ0v) is 15.1. The van der Waals surface area contributed by atoms with E-state index in [9.17, 15) is 4.79 Å². The van der Waals surface area contributed by atoms with Gasteiger partial charge in [0.2, 0.25) is 0 Å². The first-order chi connectivity index (χ1) is 13.2. The Morgan fingerprint density at radius 3 is 2.33 bits per heavy atom. The summed E-state index contributed by atoms with van der Waals surface area (Å²) in [6.07, 6.45) is 0. The molecule has 0 bridgehead atoms. The number of para-hydroxylation sites is 1. The maximum Gasteiger partial charge on any atom is 0.255 e. The van der Waals surface area contributed by atoms with Gasteiger partial charge in [0.05, 0.1) is 5.69 Å². The molecule has 0 aromatic heterocycles. The minimum absolute atomic E-state index is 0.221. The van der Waals surface area contributed by atoms with E-state index in [1.165, 1.54) is 0 Å². The number of hydrogen-bond donors (Lipinski definition) is 1. The molecule has 4 aromatic carbocycles. The van der Waals surface area contributed by atoms with Crippen molar-refractivity contribution >= 4 is 34.0 Å². The Balaban J connectivity index is 1.62. The van der Waals surface area contributed by atoms with Crippen LogP contribution >= 0.6 is 11.6 Å². The summed E-state index contributed by atoms with van der Waals surface area (Å²) in [4.78, 5) is 12.8. The smallest absolute Gasteiger partial charge is 0.255 e. The molecule has 0 heterocycles. The van der Waals surface area contributed by atoms with Gasteiger partial charge in [-0.25, -0.2) is 0 Å². The summed E-state index contributed by atoms with van der Waals surface area (Å²) in [7, 11) is 0. The quantitative estimate of drug-likeness (QED) is 0.441. The fraction of sp³-hybridized carbons (Fsp3) is 0. The van der Waals surface area contributed by atoms with Gasteiger partial charge in [0.25, 0.3) is 5.91 Å². The predicted molar refractivity (Wildman–Crippen MR) is 110 cm³/mol. The third-order valence-electron chi connectivity index (χ3n) is 4.17. The molecule has 0 spiro atoms. The number of benzene rings is 4. The molecule has 0 saturated heterocycles.